The Morgan fingerprint density at radius 3 is 2.43 bits per heavy atom. The number of likely N-dealkylation sites (tertiary alicyclic amines) is 1. The Hall–Kier alpha value is -4.81. The standard InChI is InChI=1S/C46H63N7O6.CH4.4H2/c1-6-20-48-42(57)38(54)33(23-28-14-13-15-28)49-41(56)37-35-32(45(35,2)3)26-53(37)44(59)36(31-24-29-16-9-7-10-17-30(29)25-31)50-43(58)39(46(4)18-11-8-12-19-46)51-40(55)34-27-52(5)22-21-47-34;;;;;/h6-7,9-10,16,21-22,28,31-33,35-37,39H,1,8,11-15,17-20,23-27H2,2-5H3,(H,48,57)(H,49,56)(H,50,58)(H,51,55);1H4;4*1H/t31?,32-,33?,35?,36-,37-,39+;;;;;/m0...../s1. The van der Waals surface area contributed by atoms with Gasteiger partial charge in [0, 0.05) is 38.2 Å². The fraction of sp³-hybridized carbons (Fsp3) is 0.638. The summed E-state index contributed by atoms with van der Waals surface area (Å²) in [5.74, 6) is -3.24. The fourth-order valence-electron chi connectivity index (χ4n) is 10.7. The summed E-state index contributed by atoms with van der Waals surface area (Å²) in [5, 5.41) is 11.8. The van der Waals surface area contributed by atoms with Crippen LogP contribution in [0.25, 0.3) is 0 Å². The molecule has 2 aliphatic heterocycles. The van der Waals surface area contributed by atoms with Crippen molar-refractivity contribution < 1.29 is 34.5 Å². The Balaban J connectivity index is 0.00000282. The molecule has 0 spiro atoms. The average molecular weight is 834 g/mol. The number of nitrogens with zero attached hydrogens (tertiary/aromatic N) is 3. The van der Waals surface area contributed by atoms with Crippen LogP contribution in [-0.4, -0.2) is 102 Å². The van der Waals surface area contributed by atoms with Gasteiger partial charge in [-0.25, -0.2) is 0 Å². The van der Waals surface area contributed by atoms with Crippen LogP contribution in [0, 0.1) is 34.5 Å². The smallest absolute Gasteiger partial charge is 0.289 e. The lowest BCUT2D eigenvalue weighted by Gasteiger charge is -2.41. The van der Waals surface area contributed by atoms with E-state index in [-0.39, 0.29) is 54.7 Å². The molecule has 4 N–H and O–H groups in total. The summed E-state index contributed by atoms with van der Waals surface area (Å²) in [5.41, 5.74) is 1.91. The first-order valence-corrected chi connectivity index (χ1v) is 21.8. The van der Waals surface area contributed by atoms with Gasteiger partial charge in [0.2, 0.25) is 23.5 Å². The molecule has 0 aromatic heterocycles. The minimum atomic E-state index is -1.02. The van der Waals surface area contributed by atoms with Gasteiger partial charge in [-0.15, -0.1) is 6.58 Å². The first-order chi connectivity index (χ1) is 28.2. The number of hydrogen-bond donors (Lipinski definition) is 4. The third-order valence-electron chi connectivity index (χ3n) is 14.6. The lowest BCUT2D eigenvalue weighted by Crippen LogP contribution is -2.63. The zero-order chi connectivity index (χ0) is 42.1. The van der Waals surface area contributed by atoms with Gasteiger partial charge in [-0.1, -0.05) is 103 Å². The van der Waals surface area contributed by atoms with Gasteiger partial charge in [0.1, 0.15) is 23.8 Å². The molecule has 7 atom stereocenters. The Kier molecular flexibility index (Phi) is 13.7. The largest absolute Gasteiger partial charge is 0.373 e. The van der Waals surface area contributed by atoms with Crippen molar-refractivity contribution in [3.63, 3.8) is 0 Å². The van der Waals surface area contributed by atoms with Crippen molar-refractivity contribution in [2.45, 2.75) is 129 Å². The Bertz CT molecular complexity index is 1910. The molecule has 3 saturated carbocycles. The van der Waals surface area contributed by atoms with Crippen LogP contribution in [0.15, 0.2) is 65.5 Å². The highest BCUT2D eigenvalue weighted by molar-refractivity contribution is 6.40. The molecule has 60 heavy (non-hydrogen) atoms. The van der Waals surface area contributed by atoms with E-state index in [4.69, 9.17) is 0 Å². The highest BCUT2D eigenvalue weighted by atomic mass is 16.2. The third kappa shape index (κ3) is 9.24. The molecule has 334 valence electrons. The molecule has 13 nitrogen and oxygen atoms in total. The summed E-state index contributed by atoms with van der Waals surface area (Å²) in [6.07, 6.45) is 22.6. The zero-order valence-corrected chi connectivity index (χ0v) is 35.3. The van der Waals surface area contributed by atoms with Crippen molar-refractivity contribution in [2.24, 2.45) is 39.5 Å². The van der Waals surface area contributed by atoms with E-state index in [0.29, 0.717) is 38.1 Å². The van der Waals surface area contributed by atoms with E-state index in [0.717, 1.165) is 63.4 Å². The molecule has 5 amide bonds. The van der Waals surface area contributed by atoms with E-state index in [9.17, 15) is 24.0 Å². The number of Topliss-reactive ketones (excluding diaryl/α,β-unsaturated/α-hetero) is 1. The number of allylic oxidation sites excluding steroid dienone is 6. The molecule has 2 heterocycles. The molecular formula is C47H75N7O6. The Morgan fingerprint density at radius 1 is 1.00 bits per heavy atom. The minimum Gasteiger partial charge on any atom is -0.373 e. The Morgan fingerprint density at radius 2 is 1.75 bits per heavy atom. The minimum absolute atomic E-state index is 0. The van der Waals surface area contributed by atoms with Crippen molar-refractivity contribution in [1.29, 1.82) is 0 Å². The molecule has 1 saturated heterocycles. The molecule has 0 aromatic rings. The van der Waals surface area contributed by atoms with Crippen LogP contribution in [0.4, 0.5) is 0 Å². The maximum absolute atomic E-state index is 15.3. The van der Waals surface area contributed by atoms with E-state index in [1.165, 1.54) is 11.6 Å². The normalized spacial score (nSPS) is 27.4. The quantitative estimate of drug-likeness (QED) is 0.122. The maximum Gasteiger partial charge on any atom is 0.289 e. The summed E-state index contributed by atoms with van der Waals surface area (Å²) >= 11 is 0. The number of amides is 5. The number of rotatable bonds is 15. The van der Waals surface area contributed by atoms with Crippen LogP contribution in [0.5, 0.6) is 0 Å². The predicted molar refractivity (Wildman–Crippen MR) is 240 cm³/mol. The van der Waals surface area contributed by atoms with Crippen molar-refractivity contribution in [2.75, 3.05) is 26.7 Å². The van der Waals surface area contributed by atoms with Gasteiger partial charge in [-0.3, -0.25) is 33.8 Å². The first kappa shape index (κ1) is 44.7. The topological polar surface area (TPSA) is 169 Å². The number of hydrogen-bond acceptors (Lipinski definition) is 8. The second-order valence-corrected chi connectivity index (χ2v) is 19.0. The lowest BCUT2D eigenvalue weighted by molar-refractivity contribution is -0.146. The van der Waals surface area contributed by atoms with Crippen LogP contribution >= 0.6 is 0 Å². The molecule has 7 aliphatic rings. The molecule has 0 radical (unpaired) electrons. The van der Waals surface area contributed by atoms with Crippen molar-refractivity contribution in [3.05, 3.63) is 60.5 Å². The summed E-state index contributed by atoms with van der Waals surface area (Å²) in [6, 6.07) is -3.81. The van der Waals surface area contributed by atoms with Crippen LogP contribution in [-0.2, 0) is 28.8 Å². The molecule has 3 unspecified atom stereocenters. The van der Waals surface area contributed by atoms with Crippen molar-refractivity contribution in [3.8, 4) is 0 Å². The van der Waals surface area contributed by atoms with Gasteiger partial charge >= 0.3 is 0 Å². The van der Waals surface area contributed by atoms with Crippen molar-refractivity contribution >= 4 is 41.0 Å². The number of aliphatic imine (C=N–C) groups is 1. The summed E-state index contributed by atoms with van der Waals surface area (Å²) in [7, 11) is 1.86. The van der Waals surface area contributed by atoms with E-state index in [1.807, 2.05) is 31.0 Å². The first-order valence-electron chi connectivity index (χ1n) is 21.8. The molecular weight excluding hydrogens is 759 g/mol. The van der Waals surface area contributed by atoms with Gasteiger partial charge in [-0.2, -0.15) is 0 Å². The second-order valence-electron chi connectivity index (χ2n) is 19.0. The van der Waals surface area contributed by atoms with Crippen molar-refractivity contribution in [1.82, 2.24) is 31.1 Å². The molecule has 0 bridgehead atoms. The number of carbonyl (C=O) groups excluding carboxylic acids is 6. The van der Waals surface area contributed by atoms with E-state index < -0.39 is 59.0 Å². The van der Waals surface area contributed by atoms with Crippen LogP contribution in [0.2, 0.25) is 0 Å². The highest BCUT2D eigenvalue weighted by Gasteiger charge is 2.70. The maximum atomic E-state index is 15.3. The lowest BCUT2D eigenvalue weighted by atomic mass is 9.70. The molecule has 13 heteroatoms. The number of ketones is 1. The van der Waals surface area contributed by atoms with Crippen LogP contribution in [0.1, 0.15) is 111 Å². The van der Waals surface area contributed by atoms with Crippen LogP contribution in [0.3, 0.4) is 0 Å². The number of carbonyl (C=O) groups is 6. The summed E-state index contributed by atoms with van der Waals surface area (Å²) in [4.78, 5) is 92.9. The van der Waals surface area contributed by atoms with Gasteiger partial charge in [0.15, 0.2) is 0 Å². The SMILES string of the molecule is C.C=CCNC(=O)C(=O)C(CC1CCC1)NC(=O)[C@@H]1C2[C@H](CN1C(=O)[C@@H](NC(=O)[C@@H](NC(=O)C1=NC=CN(C)C1)C1(C)CCCCC1)C1CC3=C(CC=CC=C3)C1)C2(C)C.[HH].[HH].[HH].[HH]. The van der Waals surface area contributed by atoms with E-state index >= 15 is 4.79 Å². The molecule has 5 aliphatic carbocycles. The molecule has 7 rings (SSSR count). The predicted octanol–water partition coefficient (Wildman–Crippen LogP) is 5.66. The van der Waals surface area contributed by atoms with Gasteiger partial charge in [0.05, 0.1) is 12.6 Å². The number of nitrogens with one attached hydrogen (secondary N) is 4. The third-order valence-corrected chi connectivity index (χ3v) is 14.6. The van der Waals surface area contributed by atoms with E-state index in [2.05, 4.69) is 58.8 Å². The van der Waals surface area contributed by atoms with Gasteiger partial charge < -0.3 is 31.1 Å². The van der Waals surface area contributed by atoms with E-state index in [1.54, 1.807) is 17.3 Å². The fourth-order valence-corrected chi connectivity index (χ4v) is 10.7. The Labute approximate surface area is 362 Å². The highest BCUT2D eigenvalue weighted by Crippen LogP contribution is 2.65. The van der Waals surface area contributed by atoms with Crippen LogP contribution < -0.4 is 21.3 Å². The molecule has 0 aromatic carbocycles. The second kappa shape index (κ2) is 18.4. The number of piperidine rings is 1. The van der Waals surface area contributed by atoms with Gasteiger partial charge in [0.25, 0.3) is 11.8 Å². The molecule has 4 fully saturated rings. The summed E-state index contributed by atoms with van der Waals surface area (Å²) in [6.45, 7) is 10.6. The van der Waals surface area contributed by atoms with Gasteiger partial charge in [-0.05, 0) is 78.6 Å². The summed E-state index contributed by atoms with van der Waals surface area (Å²) < 4.78 is 0. The number of fused-ring (bicyclic) bond motifs is 1. The monoisotopic (exact) mass is 834 g/mol. The average Bonchev–Trinajstić information content (AvgIpc) is 3.44. The zero-order valence-electron chi connectivity index (χ0n) is 35.3.